The molecule has 2 nitrogen and oxygen atoms in total. The fraction of sp³-hybridized carbons (Fsp3) is 0.833. The van der Waals surface area contributed by atoms with Crippen molar-refractivity contribution in [2.24, 2.45) is 23.8 Å². The molecule has 0 aromatic carbocycles. The first-order valence-electron chi connectivity index (χ1n) is 8.11. The molecule has 1 aromatic heterocycles. The van der Waals surface area contributed by atoms with Crippen LogP contribution in [0.4, 0.5) is 0 Å². The largest absolute Gasteiger partial charge is 0.272 e. The van der Waals surface area contributed by atoms with E-state index in [1.54, 1.807) is 5.56 Å². The highest BCUT2D eigenvalue weighted by Crippen LogP contribution is 2.37. The molecule has 0 N–H and O–H groups in total. The van der Waals surface area contributed by atoms with Gasteiger partial charge >= 0.3 is 0 Å². The summed E-state index contributed by atoms with van der Waals surface area (Å²) in [4.78, 5) is 0. The van der Waals surface area contributed by atoms with Crippen LogP contribution in [0.1, 0.15) is 71.3 Å². The monoisotopic (exact) mass is 276 g/mol. The van der Waals surface area contributed by atoms with Crippen LogP contribution in [0.5, 0.6) is 0 Å². The summed E-state index contributed by atoms with van der Waals surface area (Å²) in [6.45, 7) is 14.1. The molecular formula is C18H32N2. The Kier molecular flexibility index (Phi) is 4.05. The molecule has 0 fully saturated rings. The normalized spacial score (nSPS) is 19.8. The molecule has 2 rings (SSSR count). The van der Waals surface area contributed by atoms with Gasteiger partial charge < -0.3 is 0 Å². The summed E-state index contributed by atoms with van der Waals surface area (Å²) in [5.41, 5.74) is 5.27. The first-order valence-corrected chi connectivity index (χ1v) is 8.11. The molecule has 0 saturated carbocycles. The topological polar surface area (TPSA) is 17.8 Å². The van der Waals surface area contributed by atoms with Crippen molar-refractivity contribution in [3.8, 4) is 0 Å². The van der Waals surface area contributed by atoms with Crippen LogP contribution >= 0.6 is 0 Å². The van der Waals surface area contributed by atoms with E-state index >= 15 is 0 Å². The van der Waals surface area contributed by atoms with Crippen LogP contribution in [0.15, 0.2) is 0 Å². The van der Waals surface area contributed by atoms with Gasteiger partial charge in [0.25, 0.3) is 0 Å². The highest BCUT2D eigenvalue weighted by molar-refractivity contribution is 5.30. The van der Waals surface area contributed by atoms with Crippen LogP contribution in [-0.4, -0.2) is 9.78 Å². The van der Waals surface area contributed by atoms with Crippen LogP contribution in [-0.2, 0) is 26.3 Å². The molecule has 0 aliphatic heterocycles. The van der Waals surface area contributed by atoms with Crippen LogP contribution in [0.2, 0.25) is 0 Å². The summed E-state index contributed by atoms with van der Waals surface area (Å²) in [5, 5.41) is 4.84. The van der Waals surface area contributed by atoms with Gasteiger partial charge in [-0.25, -0.2) is 0 Å². The lowest BCUT2D eigenvalue weighted by Gasteiger charge is -2.30. The third-order valence-electron chi connectivity index (χ3n) is 4.56. The molecule has 1 unspecified atom stereocenters. The fourth-order valence-electron chi connectivity index (χ4n) is 3.79. The van der Waals surface area contributed by atoms with Crippen molar-refractivity contribution in [1.82, 2.24) is 9.78 Å². The molecule has 20 heavy (non-hydrogen) atoms. The molecule has 0 amide bonds. The number of hydrogen-bond acceptors (Lipinski definition) is 1. The fourth-order valence-corrected chi connectivity index (χ4v) is 3.79. The molecule has 0 spiro atoms. The first-order chi connectivity index (χ1) is 9.07. The van der Waals surface area contributed by atoms with Gasteiger partial charge in [-0.1, -0.05) is 41.5 Å². The Labute approximate surface area is 125 Å². The quantitative estimate of drug-likeness (QED) is 0.792. The van der Waals surface area contributed by atoms with Gasteiger partial charge in [0, 0.05) is 12.7 Å². The zero-order valence-electron chi connectivity index (χ0n) is 14.5. The lowest BCUT2D eigenvalue weighted by atomic mass is 9.75. The van der Waals surface area contributed by atoms with Gasteiger partial charge in [-0.2, -0.15) is 5.10 Å². The summed E-state index contributed by atoms with van der Waals surface area (Å²) in [7, 11) is 2.12. The highest BCUT2D eigenvalue weighted by atomic mass is 15.3. The lowest BCUT2D eigenvalue weighted by Crippen LogP contribution is -2.23. The van der Waals surface area contributed by atoms with E-state index in [1.807, 2.05) is 0 Å². The van der Waals surface area contributed by atoms with Gasteiger partial charge in [-0.3, -0.25) is 4.68 Å². The van der Waals surface area contributed by atoms with E-state index in [1.165, 1.54) is 37.1 Å². The molecule has 1 aromatic rings. The Balaban J connectivity index is 2.15. The summed E-state index contributed by atoms with van der Waals surface area (Å²) < 4.78 is 2.15. The standard InChI is InChI=1S/C18H32N2/c1-13(11-17(2,3)4)10-15-14-8-9-18(5,6)12-16(14)20(7)19-15/h13H,8-12H2,1-7H3. The Morgan fingerprint density at radius 3 is 2.55 bits per heavy atom. The number of aromatic nitrogens is 2. The van der Waals surface area contributed by atoms with E-state index in [4.69, 9.17) is 5.10 Å². The molecule has 2 heteroatoms. The zero-order valence-corrected chi connectivity index (χ0v) is 14.5. The molecule has 0 radical (unpaired) electrons. The van der Waals surface area contributed by atoms with Gasteiger partial charge in [0.15, 0.2) is 0 Å². The van der Waals surface area contributed by atoms with Crippen LogP contribution < -0.4 is 0 Å². The minimum atomic E-state index is 0.413. The van der Waals surface area contributed by atoms with Crippen LogP contribution in [0, 0.1) is 16.7 Å². The first kappa shape index (κ1) is 15.6. The van der Waals surface area contributed by atoms with Crippen molar-refractivity contribution in [3.05, 3.63) is 17.0 Å². The summed E-state index contributed by atoms with van der Waals surface area (Å²) in [6.07, 6.45) is 6.10. The molecule has 0 saturated heterocycles. The van der Waals surface area contributed by atoms with Gasteiger partial charge in [-0.05, 0) is 54.4 Å². The maximum Gasteiger partial charge on any atom is 0.0662 e. The third-order valence-corrected chi connectivity index (χ3v) is 4.56. The van der Waals surface area contributed by atoms with Gasteiger partial charge in [0.2, 0.25) is 0 Å². The third kappa shape index (κ3) is 3.65. The van der Waals surface area contributed by atoms with Crippen molar-refractivity contribution in [2.45, 2.75) is 73.6 Å². The number of nitrogens with zero attached hydrogens (tertiary/aromatic N) is 2. The summed E-state index contributed by atoms with van der Waals surface area (Å²) >= 11 is 0. The average Bonchev–Trinajstić information content (AvgIpc) is 2.50. The van der Waals surface area contributed by atoms with E-state index in [9.17, 15) is 0 Å². The van der Waals surface area contributed by atoms with E-state index in [0.29, 0.717) is 16.7 Å². The Morgan fingerprint density at radius 1 is 1.30 bits per heavy atom. The van der Waals surface area contributed by atoms with Crippen molar-refractivity contribution < 1.29 is 0 Å². The second kappa shape index (κ2) is 5.20. The SMILES string of the molecule is CC(Cc1nn(C)c2c1CCC(C)(C)C2)CC(C)(C)C. The Bertz CT molecular complexity index is 474. The van der Waals surface area contributed by atoms with Gasteiger partial charge in [0.05, 0.1) is 5.69 Å². The smallest absolute Gasteiger partial charge is 0.0662 e. The van der Waals surface area contributed by atoms with E-state index in [-0.39, 0.29) is 0 Å². The van der Waals surface area contributed by atoms with Crippen LogP contribution in [0.3, 0.4) is 0 Å². The minimum Gasteiger partial charge on any atom is -0.272 e. The molecule has 1 atom stereocenters. The average molecular weight is 276 g/mol. The second-order valence-corrected chi connectivity index (χ2v) is 8.91. The summed E-state index contributed by atoms with van der Waals surface area (Å²) in [6, 6.07) is 0. The van der Waals surface area contributed by atoms with Crippen molar-refractivity contribution >= 4 is 0 Å². The van der Waals surface area contributed by atoms with E-state index < -0.39 is 0 Å². The number of hydrogen-bond donors (Lipinski definition) is 0. The zero-order chi connectivity index (χ0) is 15.1. The lowest BCUT2D eigenvalue weighted by molar-refractivity contribution is 0.301. The maximum atomic E-state index is 4.84. The molecule has 1 aliphatic rings. The molecule has 1 aliphatic carbocycles. The number of fused-ring (bicyclic) bond motifs is 1. The highest BCUT2D eigenvalue weighted by Gasteiger charge is 2.30. The van der Waals surface area contributed by atoms with E-state index in [0.717, 1.165) is 6.42 Å². The van der Waals surface area contributed by atoms with Gasteiger partial charge in [-0.15, -0.1) is 0 Å². The number of aryl methyl sites for hydroxylation is 1. The molecule has 114 valence electrons. The minimum absolute atomic E-state index is 0.413. The summed E-state index contributed by atoms with van der Waals surface area (Å²) in [5.74, 6) is 0.712. The Morgan fingerprint density at radius 2 is 1.95 bits per heavy atom. The maximum absolute atomic E-state index is 4.84. The second-order valence-electron chi connectivity index (χ2n) is 8.91. The predicted molar refractivity (Wildman–Crippen MR) is 86.0 cm³/mol. The van der Waals surface area contributed by atoms with Crippen molar-refractivity contribution in [1.29, 1.82) is 0 Å². The van der Waals surface area contributed by atoms with Crippen molar-refractivity contribution in [2.75, 3.05) is 0 Å². The Hall–Kier alpha value is -0.790. The number of rotatable bonds is 3. The molecule has 0 bridgehead atoms. The van der Waals surface area contributed by atoms with Crippen molar-refractivity contribution in [3.63, 3.8) is 0 Å². The predicted octanol–water partition coefficient (Wildman–Crippen LogP) is 4.55. The van der Waals surface area contributed by atoms with Gasteiger partial charge in [0.1, 0.15) is 0 Å². The van der Waals surface area contributed by atoms with Crippen LogP contribution in [0.25, 0.3) is 0 Å². The molecule has 1 heterocycles. The van der Waals surface area contributed by atoms with E-state index in [2.05, 4.69) is 53.3 Å². The molecular weight excluding hydrogens is 244 g/mol.